The first-order valence-electron chi connectivity index (χ1n) is 6.39. The highest BCUT2D eigenvalue weighted by atomic mass is 16.5. The second-order valence-corrected chi connectivity index (χ2v) is 5.06. The first-order chi connectivity index (χ1) is 9.47. The fraction of sp³-hybridized carbons (Fsp3) is 0.583. The molecule has 2 rings (SSSR count). The van der Waals surface area contributed by atoms with Gasteiger partial charge in [-0.15, -0.1) is 10.2 Å². The number of carbonyl (C=O) groups is 1. The Labute approximate surface area is 116 Å². The Hall–Kier alpha value is -2.25. The zero-order valence-corrected chi connectivity index (χ0v) is 12.1. The van der Waals surface area contributed by atoms with Crippen molar-refractivity contribution in [1.29, 1.82) is 0 Å². The van der Waals surface area contributed by atoms with E-state index in [1.807, 2.05) is 13.8 Å². The SMILES string of the molecule is Cc1c(C(=O)OCC(C)C)nnn1Cc1cn(C)nn1. The molecule has 0 atom stereocenters. The maximum atomic E-state index is 11.9. The summed E-state index contributed by atoms with van der Waals surface area (Å²) in [5.74, 6) is -0.157. The van der Waals surface area contributed by atoms with Gasteiger partial charge in [0.15, 0.2) is 5.69 Å². The third-order valence-corrected chi connectivity index (χ3v) is 2.69. The average molecular weight is 278 g/mol. The molecule has 0 aliphatic carbocycles. The van der Waals surface area contributed by atoms with Crippen molar-refractivity contribution in [2.45, 2.75) is 27.3 Å². The lowest BCUT2D eigenvalue weighted by molar-refractivity contribution is 0.0451. The van der Waals surface area contributed by atoms with Crippen molar-refractivity contribution in [3.63, 3.8) is 0 Å². The van der Waals surface area contributed by atoms with Gasteiger partial charge in [0.1, 0.15) is 5.69 Å². The quantitative estimate of drug-likeness (QED) is 0.743. The molecule has 0 bridgehead atoms. The predicted molar refractivity (Wildman–Crippen MR) is 70.0 cm³/mol. The summed E-state index contributed by atoms with van der Waals surface area (Å²) in [6.07, 6.45) is 1.79. The van der Waals surface area contributed by atoms with Crippen LogP contribution in [0.1, 0.15) is 35.7 Å². The highest BCUT2D eigenvalue weighted by Gasteiger charge is 2.18. The molecule has 8 heteroatoms. The topological polar surface area (TPSA) is 87.7 Å². The van der Waals surface area contributed by atoms with Gasteiger partial charge < -0.3 is 4.74 Å². The molecule has 2 heterocycles. The van der Waals surface area contributed by atoms with E-state index in [1.54, 1.807) is 29.5 Å². The Balaban J connectivity index is 2.08. The molecule has 20 heavy (non-hydrogen) atoms. The number of rotatable bonds is 5. The van der Waals surface area contributed by atoms with Crippen LogP contribution in [0.3, 0.4) is 0 Å². The van der Waals surface area contributed by atoms with Crippen LogP contribution in [0, 0.1) is 12.8 Å². The van der Waals surface area contributed by atoms with Crippen LogP contribution in [0.15, 0.2) is 6.20 Å². The van der Waals surface area contributed by atoms with Gasteiger partial charge in [-0.25, -0.2) is 9.48 Å². The Kier molecular flexibility index (Phi) is 4.11. The summed E-state index contributed by atoms with van der Waals surface area (Å²) in [6, 6.07) is 0. The van der Waals surface area contributed by atoms with Crippen LogP contribution in [0.4, 0.5) is 0 Å². The minimum atomic E-state index is -0.443. The van der Waals surface area contributed by atoms with Crippen LogP contribution in [0.25, 0.3) is 0 Å². The number of hydrogen-bond donors (Lipinski definition) is 0. The van der Waals surface area contributed by atoms with E-state index in [9.17, 15) is 4.79 Å². The van der Waals surface area contributed by atoms with Crippen molar-refractivity contribution in [3.05, 3.63) is 23.3 Å². The zero-order chi connectivity index (χ0) is 14.7. The molecule has 0 saturated carbocycles. The molecule has 0 aliphatic heterocycles. The number of aromatic nitrogens is 6. The minimum absolute atomic E-state index is 0.245. The van der Waals surface area contributed by atoms with Gasteiger partial charge in [0, 0.05) is 13.2 Å². The second kappa shape index (κ2) is 5.81. The molecule has 0 aliphatic rings. The summed E-state index contributed by atoms with van der Waals surface area (Å²) in [6.45, 7) is 6.53. The van der Waals surface area contributed by atoms with Crippen LogP contribution in [0.5, 0.6) is 0 Å². The molecule has 0 N–H and O–H groups in total. The van der Waals surface area contributed by atoms with Crippen LogP contribution < -0.4 is 0 Å². The Morgan fingerprint density at radius 1 is 1.35 bits per heavy atom. The summed E-state index contributed by atoms with van der Waals surface area (Å²) >= 11 is 0. The van der Waals surface area contributed by atoms with Crippen LogP contribution in [-0.2, 0) is 18.3 Å². The van der Waals surface area contributed by atoms with E-state index in [0.717, 1.165) is 5.69 Å². The van der Waals surface area contributed by atoms with Crippen molar-refractivity contribution in [2.75, 3.05) is 6.61 Å². The summed E-state index contributed by atoms with van der Waals surface area (Å²) in [5.41, 5.74) is 1.65. The smallest absolute Gasteiger partial charge is 0.360 e. The van der Waals surface area contributed by atoms with Crippen molar-refractivity contribution in [3.8, 4) is 0 Å². The Morgan fingerprint density at radius 3 is 2.70 bits per heavy atom. The zero-order valence-electron chi connectivity index (χ0n) is 12.1. The average Bonchev–Trinajstić information content (AvgIpc) is 2.95. The first kappa shape index (κ1) is 14.2. The molecule has 0 saturated heterocycles. The maximum Gasteiger partial charge on any atom is 0.360 e. The van der Waals surface area contributed by atoms with Crippen molar-refractivity contribution >= 4 is 5.97 Å². The van der Waals surface area contributed by atoms with Gasteiger partial charge in [0.05, 0.1) is 18.8 Å². The van der Waals surface area contributed by atoms with E-state index in [-0.39, 0.29) is 11.6 Å². The molecule has 0 spiro atoms. The number of carbonyl (C=O) groups excluding carboxylic acids is 1. The number of esters is 1. The lowest BCUT2D eigenvalue weighted by atomic mass is 10.2. The number of aryl methyl sites for hydroxylation is 1. The van der Waals surface area contributed by atoms with Crippen LogP contribution in [-0.4, -0.2) is 42.6 Å². The molecule has 0 amide bonds. The third kappa shape index (κ3) is 3.19. The number of ether oxygens (including phenoxy) is 1. The summed E-state index contributed by atoms with van der Waals surface area (Å²) in [4.78, 5) is 11.9. The van der Waals surface area contributed by atoms with E-state index >= 15 is 0 Å². The van der Waals surface area contributed by atoms with Gasteiger partial charge in [-0.2, -0.15) is 0 Å². The van der Waals surface area contributed by atoms with E-state index < -0.39 is 5.97 Å². The van der Waals surface area contributed by atoms with Gasteiger partial charge in [-0.05, 0) is 12.8 Å². The van der Waals surface area contributed by atoms with E-state index in [4.69, 9.17) is 4.74 Å². The fourth-order valence-corrected chi connectivity index (χ4v) is 1.63. The standard InChI is InChI=1S/C12H18N6O2/c1-8(2)7-20-12(19)11-9(3)18(16-14-11)6-10-5-17(4)15-13-10/h5,8H,6-7H2,1-4H3. The Morgan fingerprint density at radius 2 is 2.10 bits per heavy atom. The van der Waals surface area contributed by atoms with Crippen LogP contribution >= 0.6 is 0 Å². The monoisotopic (exact) mass is 278 g/mol. The van der Waals surface area contributed by atoms with E-state index in [0.29, 0.717) is 18.8 Å². The minimum Gasteiger partial charge on any atom is -0.461 e. The highest BCUT2D eigenvalue weighted by molar-refractivity contribution is 5.88. The molecule has 2 aromatic heterocycles. The summed E-state index contributed by atoms with van der Waals surface area (Å²) in [5, 5.41) is 15.7. The fourth-order valence-electron chi connectivity index (χ4n) is 1.63. The summed E-state index contributed by atoms with van der Waals surface area (Å²) in [7, 11) is 1.79. The molecule has 0 unspecified atom stereocenters. The maximum absolute atomic E-state index is 11.9. The van der Waals surface area contributed by atoms with Gasteiger partial charge in [0.2, 0.25) is 0 Å². The normalized spacial score (nSPS) is 11.1. The highest BCUT2D eigenvalue weighted by Crippen LogP contribution is 2.08. The lowest BCUT2D eigenvalue weighted by Crippen LogP contribution is -2.12. The number of nitrogens with zero attached hydrogens (tertiary/aromatic N) is 6. The van der Waals surface area contributed by atoms with Crippen molar-refractivity contribution in [1.82, 2.24) is 30.0 Å². The molecule has 0 fully saturated rings. The molecule has 108 valence electrons. The largest absolute Gasteiger partial charge is 0.461 e. The predicted octanol–water partition coefficient (Wildman–Crippen LogP) is 0.576. The Bertz CT molecular complexity index is 601. The van der Waals surface area contributed by atoms with Gasteiger partial charge in [-0.1, -0.05) is 24.3 Å². The van der Waals surface area contributed by atoms with Crippen LogP contribution in [0.2, 0.25) is 0 Å². The van der Waals surface area contributed by atoms with Crippen molar-refractivity contribution < 1.29 is 9.53 Å². The van der Waals surface area contributed by atoms with Gasteiger partial charge in [0.25, 0.3) is 0 Å². The molecule has 0 radical (unpaired) electrons. The second-order valence-electron chi connectivity index (χ2n) is 5.06. The van der Waals surface area contributed by atoms with Gasteiger partial charge in [-0.3, -0.25) is 4.68 Å². The van der Waals surface area contributed by atoms with Gasteiger partial charge >= 0.3 is 5.97 Å². The number of hydrogen-bond acceptors (Lipinski definition) is 6. The molecule has 2 aromatic rings. The molecular weight excluding hydrogens is 260 g/mol. The molecule has 8 nitrogen and oxygen atoms in total. The third-order valence-electron chi connectivity index (χ3n) is 2.69. The molecular formula is C12H18N6O2. The first-order valence-corrected chi connectivity index (χ1v) is 6.39. The molecule has 0 aromatic carbocycles. The lowest BCUT2D eigenvalue weighted by Gasteiger charge is -2.05. The summed E-state index contributed by atoms with van der Waals surface area (Å²) < 4.78 is 8.37. The van der Waals surface area contributed by atoms with E-state index in [1.165, 1.54) is 0 Å². The van der Waals surface area contributed by atoms with Crippen molar-refractivity contribution in [2.24, 2.45) is 13.0 Å². The van der Waals surface area contributed by atoms with E-state index in [2.05, 4.69) is 20.6 Å².